The minimum Gasteiger partial charge on any atom is -0.335 e. The van der Waals surface area contributed by atoms with Gasteiger partial charge in [-0.1, -0.05) is 0 Å². The lowest BCUT2D eigenvalue weighted by atomic mass is 11.3. The van der Waals surface area contributed by atoms with E-state index in [-0.39, 0.29) is 0 Å². The predicted molar refractivity (Wildman–Crippen MR) is 65.5 cm³/mol. The van der Waals surface area contributed by atoms with E-state index < -0.39 is 16.8 Å². The van der Waals surface area contributed by atoms with Crippen LogP contribution in [0.15, 0.2) is 0 Å². The Balaban J connectivity index is 4.42. The largest absolute Gasteiger partial charge is 0.335 e. The Hall–Kier alpha value is 0.314. The quantitative estimate of drug-likeness (QED) is 0.715. The lowest BCUT2D eigenvalue weighted by Crippen LogP contribution is -2.70. The molecule has 0 unspecified atom stereocenters. The molecular formula is C8H25N3Si2. The van der Waals surface area contributed by atoms with Crippen LogP contribution in [0.4, 0.5) is 0 Å². The topological polar surface area (TPSA) is 18.5 Å². The molecule has 0 radical (unpaired) electrons. The van der Waals surface area contributed by atoms with Crippen molar-refractivity contribution in [1.82, 2.24) is 13.8 Å². The highest BCUT2D eigenvalue weighted by atomic mass is 28.4. The summed E-state index contributed by atoms with van der Waals surface area (Å²) in [6.07, 6.45) is 0. The Kier molecular flexibility index (Phi) is 4.33. The van der Waals surface area contributed by atoms with Crippen molar-refractivity contribution in [2.75, 3.05) is 28.2 Å². The minimum absolute atomic E-state index is 1.38. The van der Waals surface area contributed by atoms with Crippen LogP contribution in [-0.4, -0.2) is 54.1 Å². The fraction of sp³-hybridized carbons (Fsp3) is 1.00. The van der Waals surface area contributed by atoms with Crippen molar-refractivity contribution >= 4 is 16.8 Å². The first-order valence-corrected chi connectivity index (χ1v) is 10.6. The van der Waals surface area contributed by atoms with Crippen molar-refractivity contribution in [2.45, 2.75) is 26.2 Å². The summed E-state index contributed by atoms with van der Waals surface area (Å²) < 4.78 is 8.57. The van der Waals surface area contributed by atoms with E-state index >= 15 is 0 Å². The summed E-state index contributed by atoms with van der Waals surface area (Å²) in [6, 6.07) is 0. The second-order valence-corrected chi connectivity index (χ2v) is 14.1. The van der Waals surface area contributed by atoms with Gasteiger partial charge in [-0.2, -0.15) is 0 Å². The lowest BCUT2D eigenvalue weighted by Gasteiger charge is -2.41. The molecule has 0 rings (SSSR count). The van der Waals surface area contributed by atoms with E-state index in [1.807, 2.05) is 0 Å². The van der Waals surface area contributed by atoms with Gasteiger partial charge in [0.05, 0.1) is 0 Å². The minimum atomic E-state index is -1.38. The Morgan fingerprint density at radius 1 is 0.692 bits per heavy atom. The van der Waals surface area contributed by atoms with Crippen molar-refractivity contribution < 1.29 is 0 Å². The summed E-state index contributed by atoms with van der Waals surface area (Å²) in [4.78, 5) is 0. The SMILES string of the molecule is CN(C)[Si](C)(C)N[Si](C)(C)N(C)C. The summed E-state index contributed by atoms with van der Waals surface area (Å²) in [5.74, 6) is 0. The number of rotatable bonds is 4. The number of hydrogen-bond donors (Lipinski definition) is 1. The maximum Gasteiger partial charge on any atom is 0.191 e. The first-order chi connectivity index (χ1) is 5.59. The fourth-order valence-electron chi connectivity index (χ4n) is 0.972. The van der Waals surface area contributed by atoms with E-state index in [1.54, 1.807) is 0 Å². The van der Waals surface area contributed by atoms with Crippen LogP contribution >= 0.6 is 0 Å². The third-order valence-electron chi connectivity index (χ3n) is 2.85. The third-order valence-corrected chi connectivity index (χ3v) is 12.2. The molecule has 0 aromatic rings. The monoisotopic (exact) mass is 219 g/mol. The molecule has 0 atom stereocenters. The molecule has 0 aliphatic carbocycles. The van der Waals surface area contributed by atoms with Crippen LogP contribution in [0, 0.1) is 0 Å². The molecule has 13 heavy (non-hydrogen) atoms. The summed E-state index contributed by atoms with van der Waals surface area (Å²) in [6.45, 7) is 9.41. The molecule has 1 N–H and O–H groups in total. The number of nitrogens with zero attached hydrogens (tertiary/aromatic N) is 2. The molecule has 0 saturated heterocycles. The molecule has 0 spiro atoms. The highest BCUT2D eigenvalue weighted by Crippen LogP contribution is 2.08. The lowest BCUT2D eigenvalue weighted by molar-refractivity contribution is 0.582. The Morgan fingerprint density at radius 3 is 1.08 bits per heavy atom. The van der Waals surface area contributed by atoms with Gasteiger partial charge < -0.3 is 13.8 Å². The van der Waals surface area contributed by atoms with E-state index in [4.69, 9.17) is 0 Å². The second-order valence-electron chi connectivity index (χ2n) is 5.03. The molecule has 0 bridgehead atoms. The molecule has 80 valence electrons. The highest BCUT2D eigenvalue weighted by Gasteiger charge is 2.34. The van der Waals surface area contributed by atoms with E-state index in [0.717, 1.165) is 0 Å². The van der Waals surface area contributed by atoms with E-state index in [2.05, 4.69) is 68.2 Å². The van der Waals surface area contributed by atoms with Crippen LogP contribution in [0.2, 0.25) is 26.2 Å². The average Bonchev–Trinajstić information content (AvgIpc) is 1.83. The molecule has 0 amide bonds. The van der Waals surface area contributed by atoms with Crippen molar-refractivity contribution in [3.8, 4) is 0 Å². The second kappa shape index (κ2) is 4.23. The molecule has 0 aliphatic rings. The molecule has 0 fully saturated rings. The number of hydrogen-bond acceptors (Lipinski definition) is 3. The van der Waals surface area contributed by atoms with Crippen LogP contribution in [0.3, 0.4) is 0 Å². The van der Waals surface area contributed by atoms with Gasteiger partial charge in [0.25, 0.3) is 0 Å². The molecular weight excluding hydrogens is 194 g/mol. The van der Waals surface area contributed by atoms with Gasteiger partial charge in [-0.15, -0.1) is 0 Å². The molecule has 0 aliphatic heterocycles. The average molecular weight is 219 g/mol. The van der Waals surface area contributed by atoms with E-state index in [0.29, 0.717) is 0 Å². The summed E-state index contributed by atoms with van der Waals surface area (Å²) >= 11 is 0. The van der Waals surface area contributed by atoms with Gasteiger partial charge in [0, 0.05) is 0 Å². The van der Waals surface area contributed by atoms with Gasteiger partial charge in [0.15, 0.2) is 16.8 Å². The van der Waals surface area contributed by atoms with Crippen molar-refractivity contribution in [1.29, 1.82) is 0 Å². The van der Waals surface area contributed by atoms with Crippen LogP contribution in [0.25, 0.3) is 0 Å². The molecule has 5 heteroatoms. The van der Waals surface area contributed by atoms with Crippen LogP contribution < -0.4 is 4.65 Å². The molecule has 0 aromatic carbocycles. The highest BCUT2D eigenvalue weighted by molar-refractivity contribution is 6.88. The van der Waals surface area contributed by atoms with Gasteiger partial charge in [0.1, 0.15) is 0 Å². The summed E-state index contributed by atoms with van der Waals surface area (Å²) in [7, 11) is 5.91. The van der Waals surface area contributed by atoms with Gasteiger partial charge >= 0.3 is 0 Å². The Morgan fingerprint density at radius 2 is 0.923 bits per heavy atom. The Labute approximate surface area is 85.4 Å². The van der Waals surface area contributed by atoms with Gasteiger partial charge in [-0.05, 0) is 54.4 Å². The van der Waals surface area contributed by atoms with Crippen LogP contribution in [0.1, 0.15) is 0 Å². The van der Waals surface area contributed by atoms with Crippen molar-refractivity contribution in [2.24, 2.45) is 0 Å². The summed E-state index contributed by atoms with van der Waals surface area (Å²) in [5.41, 5.74) is 0. The molecule has 0 aromatic heterocycles. The zero-order valence-corrected chi connectivity index (χ0v) is 12.4. The fourth-order valence-corrected chi connectivity index (χ4v) is 8.75. The predicted octanol–water partition coefficient (Wildman–Crippen LogP) is 1.10. The summed E-state index contributed by atoms with van der Waals surface area (Å²) in [5, 5.41) is 0. The van der Waals surface area contributed by atoms with Gasteiger partial charge in [-0.25, -0.2) is 0 Å². The molecule has 3 nitrogen and oxygen atoms in total. The van der Waals surface area contributed by atoms with Crippen LogP contribution in [-0.2, 0) is 0 Å². The maximum atomic E-state index is 3.86. The third kappa shape index (κ3) is 3.91. The smallest absolute Gasteiger partial charge is 0.191 e. The normalized spacial score (nSPS) is 14.3. The van der Waals surface area contributed by atoms with Gasteiger partial charge in [0.2, 0.25) is 0 Å². The molecule has 0 heterocycles. The van der Waals surface area contributed by atoms with E-state index in [1.165, 1.54) is 0 Å². The number of nitrogens with one attached hydrogen (secondary N) is 1. The Bertz CT molecular complexity index is 149. The zero-order valence-electron chi connectivity index (χ0n) is 10.4. The standard InChI is InChI=1S/C8H25N3Si2/c1-10(2)12(5,6)9-13(7,8)11(3)4/h9H,1-8H3. The van der Waals surface area contributed by atoms with Gasteiger partial charge in [-0.3, -0.25) is 0 Å². The first kappa shape index (κ1) is 13.3. The molecule has 0 saturated carbocycles. The maximum absolute atomic E-state index is 3.86. The van der Waals surface area contributed by atoms with Crippen molar-refractivity contribution in [3.05, 3.63) is 0 Å². The van der Waals surface area contributed by atoms with Crippen LogP contribution in [0.5, 0.6) is 0 Å². The van der Waals surface area contributed by atoms with Crippen molar-refractivity contribution in [3.63, 3.8) is 0 Å². The zero-order chi connectivity index (χ0) is 10.9. The first-order valence-electron chi connectivity index (χ1n) is 4.74. The van der Waals surface area contributed by atoms with E-state index in [9.17, 15) is 0 Å².